The maximum atomic E-state index is 11.6. The van der Waals surface area contributed by atoms with E-state index < -0.39 is 23.8 Å². The Bertz CT molecular complexity index is 520. The second-order valence-corrected chi connectivity index (χ2v) is 7.08. The van der Waals surface area contributed by atoms with Crippen molar-refractivity contribution in [2.45, 2.75) is 57.8 Å². The van der Waals surface area contributed by atoms with Gasteiger partial charge in [0.1, 0.15) is 0 Å². The topological polar surface area (TPSA) is 74.6 Å². The van der Waals surface area contributed by atoms with Crippen molar-refractivity contribution in [3.05, 3.63) is 35.9 Å². The summed E-state index contributed by atoms with van der Waals surface area (Å²) in [5.74, 6) is -2.03. The van der Waals surface area contributed by atoms with Crippen LogP contribution in [0.25, 0.3) is 0 Å². The molecular weight excluding hydrogens is 304 g/mol. The van der Waals surface area contributed by atoms with E-state index in [1.165, 1.54) is 19.3 Å². The highest BCUT2D eigenvalue weighted by molar-refractivity contribution is 5.71. The van der Waals surface area contributed by atoms with Crippen LogP contribution in [-0.2, 0) is 16.0 Å². The molecule has 1 aromatic carbocycles. The summed E-state index contributed by atoms with van der Waals surface area (Å²) < 4.78 is 0. The minimum absolute atomic E-state index is 0.411. The van der Waals surface area contributed by atoms with E-state index in [1.54, 1.807) is 0 Å². The largest absolute Gasteiger partial charge is 0.481 e. The van der Waals surface area contributed by atoms with Gasteiger partial charge in [0, 0.05) is 0 Å². The normalized spacial score (nSPS) is 18.0. The summed E-state index contributed by atoms with van der Waals surface area (Å²) in [6, 6.07) is 9.55. The SMILES string of the molecule is O=C(O)[C@H](CC[C@H](CC1CCCCC1)C(=O)O)Cc1ccccc1. The Morgan fingerprint density at radius 1 is 0.917 bits per heavy atom. The lowest BCUT2D eigenvalue weighted by Crippen LogP contribution is -2.23. The van der Waals surface area contributed by atoms with E-state index in [0.29, 0.717) is 31.6 Å². The van der Waals surface area contributed by atoms with E-state index in [4.69, 9.17) is 0 Å². The fourth-order valence-corrected chi connectivity index (χ4v) is 3.78. The van der Waals surface area contributed by atoms with Crippen molar-refractivity contribution >= 4 is 11.9 Å². The van der Waals surface area contributed by atoms with Gasteiger partial charge in [-0.05, 0) is 37.2 Å². The number of benzene rings is 1. The number of hydrogen-bond acceptors (Lipinski definition) is 2. The number of aliphatic carboxylic acids is 2. The van der Waals surface area contributed by atoms with Crippen LogP contribution >= 0.6 is 0 Å². The second kappa shape index (κ2) is 9.45. The van der Waals surface area contributed by atoms with Gasteiger partial charge in [-0.15, -0.1) is 0 Å². The van der Waals surface area contributed by atoms with E-state index >= 15 is 0 Å². The molecule has 24 heavy (non-hydrogen) atoms. The summed E-state index contributed by atoms with van der Waals surface area (Å²) in [6.07, 6.45) is 7.94. The third kappa shape index (κ3) is 5.99. The summed E-state index contributed by atoms with van der Waals surface area (Å²) in [4.78, 5) is 23.1. The van der Waals surface area contributed by atoms with Crippen molar-refractivity contribution in [3.63, 3.8) is 0 Å². The summed E-state index contributed by atoms with van der Waals surface area (Å²) >= 11 is 0. The van der Waals surface area contributed by atoms with Gasteiger partial charge in [0.05, 0.1) is 11.8 Å². The fraction of sp³-hybridized carbons (Fsp3) is 0.600. The van der Waals surface area contributed by atoms with Crippen LogP contribution in [0.1, 0.15) is 56.9 Å². The quantitative estimate of drug-likeness (QED) is 0.703. The molecule has 0 amide bonds. The molecule has 1 aliphatic rings. The average molecular weight is 332 g/mol. The molecule has 1 aliphatic carbocycles. The Morgan fingerprint density at radius 3 is 2.08 bits per heavy atom. The number of carboxylic acids is 2. The number of hydrogen-bond donors (Lipinski definition) is 2. The van der Waals surface area contributed by atoms with Crippen LogP contribution in [0.15, 0.2) is 30.3 Å². The molecule has 1 fully saturated rings. The lowest BCUT2D eigenvalue weighted by atomic mass is 9.80. The molecule has 2 atom stereocenters. The van der Waals surface area contributed by atoms with Crippen molar-refractivity contribution in [2.75, 3.05) is 0 Å². The molecule has 4 nitrogen and oxygen atoms in total. The molecule has 0 spiro atoms. The molecule has 0 unspecified atom stereocenters. The molecule has 0 heterocycles. The Hall–Kier alpha value is -1.84. The van der Waals surface area contributed by atoms with Crippen LogP contribution < -0.4 is 0 Å². The molecule has 0 bridgehead atoms. The first kappa shape index (κ1) is 18.5. The second-order valence-electron chi connectivity index (χ2n) is 7.08. The van der Waals surface area contributed by atoms with Crippen LogP contribution in [0.5, 0.6) is 0 Å². The van der Waals surface area contributed by atoms with Crippen molar-refractivity contribution in [3.8, 4) is 0 Å². The van der Waals surface area contributed by atoms with Crippen molar-refractivity contribution < 1.29 is 19.8 Å². The Morgan fingerprint density at radius 2 is 1.50 bits per heavy atom. The summed E-state index contributed by atoms with van der Waals surface area (Å²) in [7, 11) is 0. The smallest absolute Gasteiger partial charge is 0.306 e. The Balaban J connectivity index is 1.89. The van der Waals surface area contributed by atoms with Crippen molar-refractivity contribution in [1.29, 1.82) is 0 Å². The minimum Gasteiger partial charge on any atom is -0.481 e. The fourth-order valence-electron chi connectivity index (χ4n) is 3.78. The standard InChI is InChI=1S/C20H28O4/c21-19(22)17(13-15-7-3-1-4-8-15)11-12-18(20(23)24)14-16-9-5-2-6-10-16/h1,3-4,7-8,16-18H,2,5-6,9-14H2,(H,21,22)(H,23,24)/t17-,18-/m1/s1. The average Bonchev–Trinajstić information content (AvgIpc) is 2.58. The molecule has 2 rings (SSSR count). The third-order valence-corrected chi connectivity index (χ3v) is 5.23. The van der Waals surface area contributed by atoms with Crippen LogP contribution in [0.4, 0.5) is 0 Å². The van der Waals surface area contributed by atoms with Crippen LogP contribution in [-0.4, -0.2) is 22.2 Å². The van der Waals surface area contributed by atoms with E-state index in [9.17, 15) is 19.8 Å². The van der Waals surface area contributed by atoms with E-state index in [-0.39, 0.29) is 0 Å². The van der Waals surface area contributed by atoms with Gasteiger partial charge in [0.2, 0.25) is 0 Å². The Kier molecular flexibility index (Phi) is 7.29. The molecule has 0 saturated heterocycles. The number of rotatable bonds is 9. The lowest BCUT2D eigenvalue weighted by molar-refractivity contribution is -0.145. The molecule has 0 aromatic heterocycles. The van der Waals surface area contributed by atoms with Crippen LogP contribution in [0.3, 0.4) is 0 Å². The van der Waals surface area contributed by atoms with Crippen LogP contribution in [0, 0.1) is 17.8 Å². The maximum absolute atomic E-state index is 11.6. The molecule has 0 radical (unpaired) electrons. The number of carboxylic acid groups (broad SMARTS) is 2. The molecule has 2 N–H and O–H groups in total. The van der Waals surface area contributed by atoms with Gasteiger partial charge >= 0.3 is 11.9 Å². The first-order valence-corrected chi connectivity index (χ1v) is 9.05. The highest BCUT2D eigenvalue weighted by Gasteiger charge is 2.26. The highest BCUT2D eigenvalue weighted by Crippen LogP contribution is 2.31. The van der Waals surface area contributed by atoms with Crippen molar-refractivity contribution in [1.82, 2.24) is 0 Å². The van der Waals surface area contributed by atoms with Gasteiger partial charge in [-0.2, -0.15) is 0 Å². The van der Waals surface area contributed by atoms with E-state index in [2.05, 4.69) is 0 Å². The summed E-state index contributed by atoms with van der Waals surface area (Å²) in [5.41, 5.74) is 0.990. The molecule has 132 valence electrons. The van der Waals surface area contributed by atoms with Gasteiger partial charge in [-0.1, -0.05) is 62.4 Å². The van der Waals surface area contributed by atoms with Crippen LogP contribution in [0.2, 0.25) is 0 Å². The van der Waals surface area contributed by atoms with Gasteiger partial charge in [0.25, 0.3) is 0 Å². The summed E-state index contributed by atoms with van der Waals surface area (Å²) in [5, 5.41) is 19.0. The molecule has 4 heteroatoms. The zero-order valence-corrected chi connectivity index (χ0v) is 14.2. The number of carbonyl (C=O) groups is 2. The molecule has 1 saturated carbocycles. The monoisotopic (exact) mass is 332 g/mol. The zero-order chi connectivity index (χ0) is 17.4. The molecule has 1 aromatic rings. The van der Waals surface area contributed by atoms with Crippen molar-refractivity contribution in [2.24, 2.45) is 17.8 Å². The van der Waals surface area contributed by atoms with Gasteiger partial charge in [0.15, 0.2) is 0 Å². The predicted molar refractivity (Wildman–Crippen MR) is 92.8 cm³/mol. The zero-order valence-electron chi connectivity index (χ0n) is 14.2. The van der Waals surface area contributed by atoms with Gasteiger partial charge in [-0.25, -0.2) is 0 Å². The Labute approximate surface area is 143 Å². The van der Waals surface area contributed by atoms with E-state index in [0.717, 1.165) is 18.4 Å². The maximum Gasteiger partial charge on any atom is 0.306 e. The van der Waals surface area contributed by atoms with Gasteiger partial charge < -0.3 is 10.2 Å². The first-order chi connectivity index (χ1) is 11.6. The predicted octanol–water partition coefficient (Wildman–Crippen LogP) is 4.38. The lowest BCUT2D eigenvalue weighted by Gasteiger charge is -2.25. The van der Waals surface area contributed by atoms with E-state index in [1.807, 2.05) is 30.3 Å². The minimum atomic E-state index is -0.833. The molecule has 0 aliphatic heterocycles. The summed E-state index contributed by atoms with van der Waals surface area (Å²) in [6.45, 7) is 0. The third-order valence-electron chi connectivity index (χ3n) is 5.23. The highest BCUT2D eigenvalue weighted by atomic mass is 16.4. The molecular formula is C20H28O4. The first-order valence-electron chi connectivity index (χ1n) is 9.05. The van der Waals surface area contributed by atoms with Gasteiger partial charge in [-0.3, -0.25) is 9.59 Å².